The van der Waals surface area contributed by atoms with Gasteiger partial charge in [-0.2, -0.15) is 0 Å². The summed E-state index contributed by atoms with van der Waals surface area (Å²) >= 11 is 0. The lowest BCUT2D eigenvalue weighted by molar-refractivity contribution is 0.411. The summed E-state index contributed by atoms with van der Waals surface area (Å²) < 4.78 is 5.67. The molecule has 2 rings (SSSR count). The fraction of sp³-hybridized carbons (Fsp3) is 0.500. The summed E-state index contributed by atoms with van der Waals surface area (Å²) in [6.45, 7) is 11.2. The van der Waals surface area contributed by atoms with E-state index in [0.717, 1.165) is 12.0 Å². The zero-order chi connectivity index (χ0) is 12.6. The summed E-state index contributed by atoms with van der Waals surface area (Å²) in [5.41, 5.74) is 4.01. The lowest BCUT2D eigenvalue weighted by Crippen LogP contribution is -2.08. The molecule has 0 aliphatic rings. The van der Waals surface area contributed by atoms with Crippen molar-refractivity contribution >= 4 is 11.0 Å². The Labute approximate surface area is 104 Å². The van der Waals surface area contributed by atoms with E-state index in [4.69, 9.17) is 4.42 Å². The number of furan rings is 1. The average Bonchev–Trinajstić information content (AvgIpc) is 2.57. The molecule has 1 heteroatoms. The van der Waals surface area contributed by atoms with Crippen molar-refractivity contribution in [2.75, 3.05) is 0 Å². The van der Waals surface area contributed by atoms with Crippen LogP contribution in [0.4, 0.5) is 0 Å². The molecule has 1 nitrogen and oxygen atoms in total. The zero-order valence-electron chi connectivity index (χ0n) is 11.5. The molecule has 0 radical (unpaired) electrons. The zero-order valence-corrected chi connectivity index (χ0v) is 11.5. The van der Waals surface area contributed by atoms with Crippen LogP contribution in [0.5, 0.6) is 0 Å². The Morgan fingerprint density at radius 1 is 1.18 bits per heavy atom. The summed E-state index contributed by atoms with van der Waals surface area (Å²) in [5, 5.41) is 1.26. The van der Waals surface area contributed by atoms with Crippen LogP contribution in [0, 0.1) is 5.41 Å². The maximum absolute atomic E-state index is 5.67. The van der Waals surface area contributed by atoms with E-state index in [1.807, 2.05) is 6.26 Å². The number of benzene rings is 1. The molecular formula is C16H22O. The van der Waals surface area contributed by atoms with Gasteiger partial charge in [-0.1, -0.05) is 46.8 Å². The normalized spacial score (nSPS) is 12.6. The van der Waals surface area contributed by atoms with Crippen LogP contribution >= 0.6 is 0 Å². The molecule has 0 aliphatic heterocycles. The number of fused-ring (bicyclic) bond motifs is 1. The summed E-state index contributed by atoms with van der Waals surface area (Å²) in [7, 11) is 0. The second-order valence-corrected chi connectivity index (χ2v) is 6.41. The van der Waals surface area contributed by atoms with Crippen molar-refractivity contribution < 1.29 is 4.42 Å². The predicted molar refractivity (Wildman–Crippen MR) is 73.5 cm³/mol. The molecule has 0 bridgehead atoms. The molecule has 0 atom stereocenters. The maximum atomic E-state index is 5.67. The van der Waals surface area contributed by atoms with Crippen molar-refractivity contribution in [3.63, 3.8) is 0 Å². The fourth-order valence-corrected chi connectivity index (χ4v) is 2.26. The van der Waals surface area contributed by atoms with Crippen molar-refractivity contribution in [2.24, 2.45) is 5.41 Å². The van der Waals surface area contributed by atoms with E-state index in [9.17, 15) is 0 Å². The first-order valence-electron chi connectivity index (χ1n) is 6.37. The van der Waals surface area contributed by atoms with Gasteiger partial charge in [0.25, 0.3) is 0 Å². The third kappa shape index (κ3) is 2.71. The van der Waals surface area contributed by atoms with Gasteiger partial charge in [0.1, 0.15) is 5.58 Å². The topological polar surface area (TPSA) is 13.1 Å². The minimum atomic E-state index is 0.321. The van der Waals surface area contributed by atoms with E-state index in [2.05, 4.69) is 52.8 Å². The molecule has 1 aromatic heterocycles. The van der Waals surface area contributed by atoms with Gasteiger partial charge in [-0.25, -0.2) is 0 Å². The molecular weight excluding hydrogens is 208 g/mol. The Bertz CT molecular complexity index is 512. The van der Waals surface area contributed by atoms with Crippen LogP contribution in [0.25, 0.3) is 11.0 Å². The van der Waals surface area contributed by atoms with Crippen molar-refractivity contribution in [2.45, 2.75) is 47.0 Å². The highest BCUT2D eigenvalue weighted by molar-refractivity contribution is 5.82. The minimum absolute atomic E-state index is 0.321. The molecule has 92 valence electrons. The molecule has 0 spiro atoms. The Morgan fingerprint density at radius 3 is 2.47 bits per heavy atom. The second-order valence-electron chi connectivity index (χ2n) is 6.41. The summed E-state index contributed by atoms with van der Waals surface area (Å²) in [4.78, 5) is 0. The fourth-order valence-electron chi connectivity index (χ4n) is 2.26. The van der Waals surface area contributed by atoms with E-state index in [1.54, 1.807) is 0 Å². The van der Waals surface area contributed by atoms with Crippen LogP contribution in [0.2, 0.25) is 0 Å². The van der Waals surface area contributed by atoms with Gasteiger partial charge in [0.15, 0.2) is 0 Å². The maximum Gasteiger partial charge on any atom is 0.134 e. The standard InChI is InChI=1S/C16H22O/c1-11(2)14-10-17-15-8-12(6-7-13(14)15)9-16(3,4)5/h6-8,10-11H,9H2,1-5H3. The lowest BCUT2D eigenvalue weighted by Gasteiger charge is -2.17. The largest absolute Gasteiger partial charge is 0.464 e. The van der Waals surface area contributed by atoms with Crippen LogP contribution in [0.1, 0.15) is 51.7 Å². The van der Waals surface area contributed by atoms with Gasteiger partial charge in [-0.15, -0.1) is 0 Å². The molecule has 17 heavy (non-hydrogen) atoms. The van der Waals surface area contributed by atoms with Crippen LogP contribution in [-0.2, 0) is 6.42 Å². The molecule has 2 aromatic rings. The van der Waals surface area contributed by atoms with Crippen LogP contribution in [0.15, 0.2) is 28.9 Å². The smallest absolute Gasteiger partial charge is 0.134 e. The Morgan fingerprint density at radius 2 is 1.88 bits per heavy atom. The number of rotatable bonds is 2. The van der Waals surface area contributed by atoms with Crippen molar-refractivity contribution in [3.8, 4) is 0 Å². The highest BCUT2D eigenvalue weighted by atomic mass is 16.3. The minimum Gasteiger partial charge on any atom is -0.464 e. The van der Waals surface area contributed by atoms with E-state index < -0.39 is 0 Å². The molecule has 0 aliphatic carbocycles. The van der Waals surface area contributed by atoms with Crippen molar-refractivity contribution in [1.82, 2.24) is 0 Å². The number of hydrogen-bond donors (Lipinski definition) is 0. The molecule has 0 saturated heterocycles. The molecule has 0 N–H and O–H groups in total. The average molecular weight is 230 g/mol. The SMILES string of the molecule is CC(C)c1coc2cc(CC(C)(C)C)ccc12. The quantitative estimate of drug-likeness (QED) is 0.695. The molecule has 1 aromatic carbocycles. The monoisotopic (exact) mass is 230 g/mol. The van der Waals surface area contributed by atoms with Gasteiger partial charge in [-0.05, 0) is 29.4 Å². The van der Waals surface area contributed by atoms with Crippen molar-refractivity contribution in [3.05, 3.63) is 35.6 Å². The van der Waals surface area contributed by atoms with E-state index in [0.29, 0.717) is 11.3 Å². The van der Waals surface area contributed by atoms with E-state index in [1.165, 1.54) is 16.5 Å². The molecule has 0 fully saturated rings. The van der Waals surface area contributed by atoms with Crippen LogP contribution in [0.3, 0.4) is 0 Å². The number of hydrogen-bond acceptors (Lipinski definition) is 1. The molecule has 1 heterocycles. The predicted octanol–water partition coefficient (Wildman–Crippen LogP) is 5.14. The lowest BCUT2D eigenvalue weighted by atomic mass is 9.88. The van der Waals surface area contributed by atoms with Gasteiger partial charge in [-0.3, -0.25) is 0 Å². The van der Waals surface area contributed by atoms with E-state index >= 15 is 0 Å². The second kappa shape index (κ2) is 4.21. The highest BCUT2D eigenvalue weighted by Gasteiger charge is 2.14. The van der Waals surface area contributed by atoms with Gasteiger partial charge >= 0.3 is 0 Å². The molecule has 0 unspecified atom stereocenters. The Kier molecular flexibility index (Phi) is 3.03. The van der Waals surface area contributed by atoms with Crippen LogP contribution in [-0.4, -0.2) is 0 Å². The Hall–Kier alpha value is -1.24. The summed E-state index contributed by atoms with van der Waals surface area (Å²) in [6, 6.07) is 6.62. The summed E-state index contributed by atoms with van der Waals surface area (Å²) in [6.07, 6.45) is 2.98. The Balaban J connectivity index is 2.39. The van der Waals surface area contributed by atoms with Gasteiger partial charge in [0, 0.05) is 10.9 Å². The third-order valence-corrected chi connectivity index (χ3v) is 3.03. The van der Waals surface area contributed by atoms with Gasteiger partial charge in [0.05, 0.1) is 6.26 Å². The third-order valence-electron chi connectivity index (χ3n) is 3.03. The molecule has 0 saturated carbocycles. The first-order valence-corrected chi connectivity index (χ1v) is 6.37. The first-order chi connectivity index (χ1) is 7.87. The first kappa shape index (κ1) is 12.2. The van der Waals surface area contributed by atoms with Gasteiger partial charge in [0.2, 0.25) is 0 Å². The highest BCUT2D eigenvalue weighted by Crippen LogP contribution is 2.29. The van der Waals surface area contributed by atoms with Crippen molar-refractivity contribution in [1.29, 1.82) is 0 Å². The van der Waals surface area contributed by atoms with Gasteiger partial charge < -0.3 is 4.42 Å². The summed E-state index contributed by atoms with van der Waals surface area (Å²) in [5.74, 6) is 0.518. The van der Waals surface area contributed by atoms with Crippen LogP contribution < -0.4 is 0 Å². The molecule has 0 amide bonds. The van der Waals surface area contributed by atoms with E-state index in [-0.39, 0.29) is 0 Å².